The quantitative estimate of drug-likeness (QED) is 0.624. The van der Waals surface area contributed by atoms with Crippen LogP contribution in [0.15, 0.2) is 23.6 Å². The Morgan fingerprint density at radius 1 is 1.21 bits per heavy atom. The molecule has 2 aromatic rings. The molecule has 0 aliphatic carbocycles. The van der Waals surface area contributed by atoms with Gasteiger partial charge in [0.1, 0.15) is 0 Å². The minimum absolute atomic E-state index is 0.580. The summed E-state index contributed by atoms with van der Waals surface area (Å²) in [4.78, 5) is 0. The molecule has 0 fully saturated rings. The maximum absolute atomic E-state index is 12.3. The number of alkyl halides is 3. The van der Waals surface area contributed by atoms with Crippen molar-refractivity contribution >= 4 is 44.0 Å². The van der Waals surface area contributed by atoms with Crippen LogP contribution in [0.1, 0.15) is 5.56 Å². The average molecular weight is 328 g/mol. The van der Waals surface area contributed by atoms with E-state index in [4.69, 9.17) is 0 Å². The van der Waals surface area contributed by atoms with E-state index in [-0.39, 0.29) is 0 Å². The van der Waals surface area contributed by atoms with Gasteiger partial charge in [-0.05, 0) is 34.7 Å². The lowest BCUT2D eigenvalue weighted by Crippen LogP contribution is -2.03. The molecule has 0 saturated heterocycles. The summed E-state index contributed by atoms with van der Waals surface area (Å²) < 4.78 is 38.7. The predicted molar refractivity (Wildman–Crippen MR) is 59.5 cm³/mol. The standard InChI is InChI=1S/C9H4F3IS/c10-9(11,12)5-1-2-6-7(13)4-14-8(6)3-5/h1-4H. The van der Waals surface area contributed by atoms with E-state index >= 15 is 0 Å². The van der Waals surface area contributed by atoms with Gasteiger partial charge in [-0.25, -0.2) is 0 Å². The minimum atomic E-state index is -4.25. The zero-order chi connectivity index (χ0) is 10.3. The zero-order valence-corrected chi connectivity index (χ0v) is 9.70. The monoisotopic (exact) mass is 328 g/mol. The van der Waals surface area contributed by atoms with Crippen molar-refractivity contribution in [3.05, 3.63) is 32.7 Å². The third-order valence-electron chi connectivity index (χ3n) is 1.86. The summed E-state index contributed by atoms with van der Waals surface area (Å²) >= 11 is 3.45. The molecule has 74 valence electrons. The van der Waals surface area contributed by atoms with E-state index in [1.165, 1.54) is 23.5 Å². The average Bonchev–Trinajstić information content (AvgIpc) is 2.46. The van der Waals surface area contributed by atoms with Crippen molar-refractivity contribution in [3.63, 3.8) is 0 Å². The van der Waals surface area contributed by atoms with Gasteiger partial charge in [-0.15, -0.1) is 11.3 Å². The van der Waals surface area contributed by atoms with E-state index in [9.17, 15) is 13.2 Å². The van der Waals surface area contributed by atoms with E-state index in [0.29, 0.717) is 4.70 Å². The van der Waals surface area contributed by atoms with Crippen LogP contribution in [0, 0.1) is 3.57 Å². The fourth-order valence-corrected chi connectivity index (χ4v) is 3.06. The van der Waals surface area contributed by atoms with Gasteiger partial charge in [-0.3, -0.25) is 0 Å². The number of hydrogen-bond donors (Lipinski definition) is 0. The minimum Gasteiger partial charge on any atom is -0.166 e. The van der Waals surface area contributed by atoms with Crippen LogP contribution >= 0.6 is 33.9 Å². The molecular weight excluding hydrogens is 324 g/mol. The SMILES string of the molecule is FC(F)(F)c1ccc2c(I)csc2c1. The largest absolute Gasteiger partial charge is 0.416 e. The highest BCUT2D eigenvalue weighted by Crippen LogP contribution is 2.34. The Morgan fingerprint density at radius 3 is 2.57 bits per heavy atom. The molecular formula is C9H4F3IS. The highest BCUT2D eigenvalue weighted by molar-refractivity contribution is 14.1. The normalized spacial score (nSPS) is 12.3. The fraction of sp³-hybridized carbons (Fsp3) is 0.111. The van der Waals surface area contributed by atoms with Gasteiger partial charge in [-0.2, -0.15) is 13.2 Å². The summed E-state index contributed by atoms with van der Waals surface area (Å²) in [5, 5.41) is 2.74. The van der Waals surface area contributed by atoms with E-state index in [1.54, 1.807) is 0 Å². The molecule has 0 nitrogen and oxygen atoms in total. The van der Waals surface area contributed by atoms with Crippen molar-refractivity contribution in [2.24, 2.45) is 0 Å². The predicted octanol–water partition coefficient (Wildman–Crippen LogP) is 4.52. The third-order valence-corrected chi connectivity index (χ3v) is 4.12. The van der Waals surface area contributed by atoms with Crippen LogP contribution in [0.5, 0.6) is 0 Å². The first-order valence-electron chi connectivity index (χ1n) is 3.72. The Bertz CT molecular complexity index is 472. The first kappa shape index (κ1) is 10.2. The van der Waals surface area contributed by atoms with Gasteiger partial charge in [0, 0.05) is 19.0 Å². The van der Waals surface area contributed by atoms with Gasteiger partial charge >= 0.3 is 6.18 Å². The fourth-order valence-electron chi connectivity index (χ4n) is 1.17. The van der Waals surface area contributed by atoms with Crippen LogP contribution in [0.4, 0.5) is 13.2 Å². The highest BCUT2D eigenvalue weighted by Gasteiger charge is 2.30. The van der Waals surface area contributed by atoms with E-state index in [2.05, 4.69) is 22.6 Å². The Kier molecular flexibility index (Phi) is 2.46. The molecule has 2 rings (SSSR count). The second-order valence-electron chi connectivity index (χ2n) is 2.79. The van der Waals surface area contributed by atoms with Gasteiger partial charge in [-0.1, -0.05) is 6.07 Å². The molecule has 5 heteroatoms. The molecule has 0 unspecified atom stereocenters. The van der Waals surface area contributed by atoms with Crippen LogP contribution < -0.4 is 0 Å². The Morgan fingerprint density at radius 2 is 1.93 bits per heavy atom. The highest BCUT2D eigenvalue weighted by atomic mass is 127. The summed E-state index contributed by atoms with van der Waals surface area (Å²) in [5.74, 6) is 0. The van der Waals surface area contributed by atoms with Gasteiger partial charge in [0.25, 0.3) is 0 Å². The number of halogens is 4. The smallest absolute Gasteiger partial charge is 0.166 e. The number of rotatable bonds is 0. The number of fused-ring (bicyclic) bond motifs is 1. The number of benzene rings is 1. The van der Waals surface area contributed by atoms with Crippen LogP contribution in [0.25, 0.3) is 10.1 Å². The lowest BCUT2D eigenvalue weighted by molar-refractivity contribution is -0.137. The van der Waals surface area contributed by atoms with Gasteiger partial charge in [0.2, 0.25) is 0 Å². The lowest BCUT2D eigenvalue weighted by Gasteiger charge is -2.05. The number of thiophene rings is 1. The molecule has 1 heterocycles. The Hall–Kier alpha value is -0.300. The van der Waals surface area contributed by atoms with E-state index in [0.717, 1.165) is 15.0 Å². The second-order valence-corrected chi connectivity index (χ2v) is 4.87. The van der Waals surface area contributed by atoms with Crippen LogP contribution in [0.3, 0.4) is 0 Å². The molecule has 0 saturated carbocycles. The van der Waals surface area contributed by atoms with E-state index in [1.807, 2.05) is 5.38 Å². The first-order chi connectivity index (χ1) is 6.48. The molecule has 0 amide bonds. The molecule has 1 aromatic heterocycles. The Labute approximate surface area is 95.9 Å². The van der Waals surface area contributed by atoms with Crippen molar-refractivity contribution in [3.8, 4) is 0 Å². The van der Waals surface area contributed by atoms with Crippen LogP contribution in [-0.2, 0) is 6.18 Å². The topological polar surface area (TPSA) is 0 Å². The van der Waals surface area contributed by atoms with Crippen molar-refractivity contribution in [2.75, 3.05) is 0 Å². The third kappa shape index (κ3) is 1.75. The van der Waals surface area contributed by atoms with Crippen molar-refractivity contribution in [1.29, 1.82) is 0 Å². The first-order valence-corrected chi connectivity index (χ1v) is 5.68. The summed E-state index contributed by atoms with van der Waals surface area (Å²) in [7, 11) is 0. The zero-order valence-electron chi connectivity index (χ0n) is 6.73. The molecule has 0 atom stereocenters. The molecule has 0 aliphatic rings. The molecule has 0 N–H and O–H groups in total. The summed E-state index contributed by atoms with van der Waals surface area (Å²) in [6.07, 6.45) is -4.25. The van der Waals surface area contributed by atoms with Crippen LogP contribution in [-0.4, -0.2) is 0 Å². The van der Waals surface area contributed by atoms with Crippen LogP contribution in [0.2, 0.25) is 0 Å². The molecule has 0 spiro atoms. The van der Waals surface area contributed by atoms with Gasteiger partial charge in [0.15, 0.2) is 0 Å². The molecule has 0 aliphatic heterocycles. The van der Waals surface area contributed by atoms with Crippen molar-refractivity contribution in [2.45, 2.75) is 6.18 Å². The molecule has 0 radical (unpaired) electrons. The van der Waals surface area contributed by atoms with Crippen molar-refractivity contribution in [1.82, 2.24) is 0 Å². The van der Waals surface area contributed by atoms with Gasteiger partial charge < -0.3 is 0 Å². The Balaban J connectivity index is 2.63. The molecule has 1 aromatic carbocycles. The summed E-state index contributed by atoms with van der Waals surface area (Å²) in [6, 6.07) is 3.84. The summed E-state index contributed by atoms with van der Waals surface area (Å²) in [6.45, 7) is 0. The lowest BCUT2D eigenvalue weighted by atomic mass is 10.2. The van der Waals surface area contributed by atoms with Gasteiger partial charge in [0.05, 0.1) is 5.56 Å². The second kappa shape index (κ2) is 3.37. The summed E-state index contributed by atoms with van der Waals surface area (Å²) in [5.41, 5.74) is -0.580. The molecule has 14 heavy (non-hydrogen) atoms. The molecule has 0 bridgehead atoms. The number of hydrogen-bond acceptors (Lipinski definition) is 1. The maximum atomic E-state index is 12.3. The van der Waals surface area contributed by atoms with Crippen molar-refractivity contribution < 1.29 is 13.2 Å². The maximum Gasteiger partial charge on any atom is 0.416 e. The van der Waals surface area contributed by atoms with E-state index < -0.39 is 11.7 Å².